The number of likely N-dealkylation sites (tertiary alicyclic amines) is 1. The van der Waals surface area contributed by atoms with Crippen LogP contribution in [-0.4, -0.2) is 82.5 Å². The third kappa shape index (κ3) is 9.95. The van der Waals surface area contributed by atoms with Crippen molar-refractivity contribution in [1.29, 1.82) is 0 Å². The molecule has 4 N–H and O–H groups in total. The minimum atomic E-state index is -1.16. The molecule has 0 bridgehead atoms. The maximum Gasteiger partial charge on any atom is 0.316 e. The van der Waals surface area contributed by atoms with Crippen molar-refractivity contribution in [3.8, 4) is 0 Å². The largest absolute Gasteiger partial charge is 0.344 e. The van der Waals surface area contributed by atoms with E-state index in [1.807, 2.05) is 0 Å². The number of rotatable bonds is 14. The van der Waals surface area contributed by atoms with Gasteiger partial charge in [-0.05, 0) is 42.7 Å². The fraction of sp³-hybridized carbons (Fsp3) is 0.581. The maximum absolute atomic E-state index is 13.9. The van der Waals surface area contributed by atoms with Crippen LogP contribution >= 0.6 is 0 Å². The lowest BCUT2D eigenvalue weighted by Gasteiger charge is -2.36. The fourth-order valence-corrected chi connectivity index (χ4v) is 4.88. The van der Waals surface area contributed by atoms with Crippen LogP contribution in [0.2, 0.25) is 0 Å². The number of nitrogens with one attached hydrogen (secondary N) is 4. The molecule has 5 amide bonds. The first-order valence-corrected chi connectivity index (χ1v) is 14.9. The van der Waals surface area contributed by atoms with Crippen LogP contribution in [0.25, 0.3) is 0 Å². The minimum Gasteiger partial charge on any atom is -0.344 e. The van der Waals surface area contributed by atoms with Crippen molar-refractivity contribution in [2.24, 2.45) is 11.3 Å². The summed E-state index contributed by atoms with van der Waals surface area (Å²) in [5, 5.41) is 10.1. The lowest BCUT2D eigenvalue weighted by Crippen LogP contribution is -2.61. The van der Waals surface area contributed by atoms with Crippen molar-refractivity contribution in [2.45, 2.75) is 91.4 Å². The van der Waals surface area contributed by atoms with Gasteiger partial charge in [-0.25, -0.2) is 9.18 Å². The summed E-state index contributed by atoms with van der Waals surface area (Å²) in [5.41, 5.74) is -0.582. The van der Waals surface area contributed by atoms with Gasteiger partial charge in [0, 0.05) is 12.7 Å². The van der Waals surface area contributed by atoms with E-state index in [1.54, 1.807) is 59.7 Å². The molecule has 242 valence electrons. The highest BCUT2D eigenvalue weighted by molar-refractivity contribution is 6.38. The summed E-state index contributed by atoms with van der Waals surface area (Å²) in [6.07, 6.45) is 2.94. The number of carbonyl (C=O) groups excluding carboxylic acids is 6. The van der Waals surface area contributed by atoms with E-state index in [2.05, 4.69) is 32.8 Å². The molecular formula is C31H45FN6O6. The molecular weight excluding hydrogens is 571 g/mol. The number of amides is 5. The van der Waals surface area contributed by atoms with Crippen molar-refractivity contribution in [2.75, 3.05) is 13.1 Å². The second-order valence-corrected chi connectivity index (χ2v) is 12.3. The third-order valence-electron chi connectivity index (χ3n) is 7.25. The van der Waals surface area contributed by atoms with Gasteiger partial charge in [0.1, 0.15) is 23.6 Å². The normalized spacial score (nSPS) is 16.8. The summed E-state index contributed by atoms with van der Waals surface area (Å²) < 4.78 is 13.0. The predicted molar refractivity (Wildman–Crippen MR) is 162 cm³/mol. The zero-order chi connectivity index (χ0) is 33.2. The van der Waals surface area contributed by atoms with E-state index in [-0.39, 0.29) is 30.4 Å². The molecule has 0 spiro atoms. The number of carbonyl (C=O) groups is 6. The number of nitrogens with zero attached hydrogens (tertiary/aromatic N) is 2. The second kappa shape index (κ2) is 16.1. The minimum absolute atomic E-state index is 0.163. The molecule has 0 aromatic carbocycles. The van der Waals surface area contributed by atoms with E-state index < -0.39 is 71.5 Å². The number of pyridine rings is 1. The topological polar surface area (TPSA) is 167 Å². The molecule has 0 aliphatic carbocycles. The molecule has 3 unspecified atom stereocenters. The smallest absolute Gasteiger partial charge is 0.316 e. The van der Waals surface area contributed by atoms with Gasteiger partial charge in [-0.2, -0.15) is 0 Å². The van der Waals surface area contributed by atoms with Gasteiger partial charge >= 0.3 is 6.03 Å². The molecule has 1 aromatic heterocycles. The molecule has 2 rings (SSSR count). The summed E-state index contributed by atoms with van der Waals surface area (Å²) in [5.74, 6) is -4.55. The van der Waals surface area contributed by atoms with E-state index in [9.17, 15) is 33.2 Å². The average molecular weight is 617 g/mol. The first-order valence-electron chi connectivity index (χ1n) is 14.9. The van der Waals surface area contributed by atoms with Crippen LogP contribution in [0.1, 0.15) is 77.7 Å². The molecule has 13 heteroatoms. The Hall–Kier alpha value is -4.16. The summed E-state index contributed by atoms with van der Waals surface area (Å²) in [7, 11) is 0. The first-order chi connectivity index (χ1) is 20.6. The van der Waals surface area contributed by atoms with Crippen LogP contribution in [0.5, 0.6) is 0 Å². The van der Waals surface area contributed by atoms with Crippen molar-refractivity contribution in [3.05, 3.63) is 42.5 Å². The number of halogens is 1. The maximum atomic E-state index is 13.9. The van der Waals surface area contributed by atoms with Gasteiger partial charge in [-0.15, -0.1) is 0 Å². The highest BCUT2D eigenvalue weighted by Gasteiger charge is 2.43. The molecule has 1 aliphatic heterocycles. The van der Waals surface area contributed by atoms with Crippen LogP contribution in [0.15, 0.2) is 36.8 Å². The Bertz CT molecular complexity index is 1230. The van der Waals surface area contributed by atoms with Crippen molar-refractivity contribution in [3.63, 3.8) is 0 Å². The quantitative estimate of drug-likeness (QED) is 0.184. The Balaban J connectivity index is 2.19. The summed E-state index contributed by atoms with van der Waals surface area (Å²) in [6, 6.07) is 0.115. The highest BCUT2D eigenvalue weighted by atomic mass is 19.1. The monoisotopic (exact) mass is 616 g/mol. The first kappa shape index (κ1) is 36.0. The summed E-state index contributed by atoms with van der Waals surface area (Å²) >= 11 is 0. The molecule has 12 nitrogen and oxygen atoms in total. The number of hydrogen-bond donors (Lipinski definition) is 4. The molecule has 2 heterocycles. The number of aromatic nitrogens is 1. The van der Waals surface area contributed by atoms with E-state index >= 15 is 0 Å². The lowest BCUT2D eigenvalue weighted by molar-refractivity contribution is -0.143. The zero-order valence-corrected chi connectivity index (χ0v) is 26.4. The Morgan fingerprint density at radius 1 is 1.09 bits per heavy atom. The van der Waals surface area contributed by atoms with Crippen LogP contribution < -0.4 is 21.3 Å². The van der Waals surface area contributed by atoms with Crippen molar-refractivity contribution >= 4 is 35.3 Å². The Labute approximate surface area is 258 Å². The standard InChI is InChI=1S/C31H45FN6O6/c1-8-12-21(25(40)28(42)34-17-19(4)32)35-27(41)22-14-11-16-38(22)29(43)26(31(5,6)7)37-30(44)36-23(18(2)3)24(39)20-13-9-10-15-33-20/h9-10,13,15,18,21-23,26H,4,8,11-12,14,16-17H2,1-3,5-7H3,(H,34,42)(H,35,41)(H2,36,37,44)/t21?,22-,23?,26?/m0/s1. The van der Waals surface area contributed by atoms with E-state index in [1.165, 1.54) is 11.1 Å². The van der Waals surface area contributed by atoms with E-state index in [0.717, 1.165) is 0 Å². The lowest BCUT2D eigenvalue weighted by atomic mass is 9.85. The number of urea groups is 1. The van der Waals surface area contributed by atoms with E-state index in [0.29, 0.717) is 19.3 Å². The highest BCUT2D eigenvalue weighted by Crippen LogP contribution is 2.26. The van der Waals surface area contributed by atoms with Crippen LogP contribution in [0, 0.1) is 11.3 Å². The predicted octanol–water partition coefficient (Wildman–Crippen LogP) is 2.45. The van der Waals surface area contributed by atoms with Crippen LogP contribution in [-0.2, 0) is 19.2 Å². The van der Waals surface area contributed by atoms with Crippen molar-refractivity contribution < 1.29 is 33.2 Å². The fourth-order valence-electron chi connectivity index (χ4n) is 4.88. The number of hydrogen-bond acceptors (Lipinski definition) is 7. The Morgan fingerprint density at radius 3 is 2.32 bits per heavy atom. The van der Waals surface area contributed by atoms with Gasteiger partial charge in [-0.1, -0.05) is 60.6 Å². The zero-order valence-electron chi connectivity index (χ0n) is 26.4. The molecule has 1 aliphatic rings. The molecule has 0 radical (unpaired) electrons. The SMILES string of the molecule is C=C(F)CNC(=O)C(=O)C(CCC)NC(=O)[C@@H]1CCCN1C(=O)C(NC(=O)NC(C(=O)c1ccccn1)C(C)C)C(C)(C)C. The van der Waals surface area contributed by atoms with Gasteiger partial charge < -0.3 is 26.2 Å². The van der Waals surface area contributed by atoms with Crippen LogP contribution in [0.3, 0.4) is 0 Å². The van der Waals surface area contributed by atoms with Gasteiger partial charge in [-0.3, -0.25) is 29.0 Å². The van der Waals surface area contributed by atoms with Crippen LogP contribution in [0.4, 0.5) is 9.18 Å². The average Bonchev–Trinajstić information content (AvgIpc) is 3.46. The number of Topliss-reactive ketones (excluding diaryl/α,β-unsaturated/α-hetero) is 2. The molecule has 1 aromatic rings. The van der Waals surface area contributed by atoms with Crippen molar-refractivity contribution in [1.82, 2.24) is 31.2 Å². The molecule has 0 saturated carbocycles. The van der Waals surface area contributed by atoms with Gasteiger partial charge in [0.25, 0.3) is 5.91 Å². The summed E-state index contributed by atoms with van der Waals surface area (Å²) in [6.45, 7) is 13.4. The van der Waals surface area contributed by atoms with Gasteiger partial charge in [0.05, 0.1) is 18.6 Å². The van der Waals surface area contributed by atoms with E-state index in [4.69, 9.17) is 0 Å². The molecule has 1 saturated heterocycles. The summed E-state index contributed by atoms with van der Waals surface area (Å²) in [4.78, 5) is 83.9. The Morgan fingerprint density at radius 2 is 1.77 bits per heavy atom. The molecule has 1 fully saturated rings. The second-order valence-electron chi connectivity index (χ2n) is 12.3. The van der Waals surface area contributed by atoms with Gasteiger partial charge in [0.15, 0.2) is 0 Å². The number of ketones is 2. The Kier molecular flexibility index (Phi) is 13.2. The molecule has 4 atom stereocenters. The molecule has 44 heavy (non-hydrogen) atoms. The third-order valence-corrected chi connectivity index (χ3v) is 7.25. The van der Waals surface area contributed by atoms with Gasteiger partial charge in [0.2, 0.25) is 23.4 Å².